The highest BCUT2D eigenvalue weighted by Crippen LogP contribution is 2.40. The molecule has 3 aromatic heterocycles. The van der Waals surface area contributed by atoms with Crippen molar-refractivity contribution in [3.63, 3.8) is 0 Å². The van der Waals surface area contributed by atoms with Crippen LogP contribution in [-0.2, 0) is 0 Å². The number of hydrogen-bond donors (Lipinski definition) is 0. The fraction of sp³-hybridized carbons (Fsp3) is 0. The van der Waals surface area contributed by atoms with Crippen molar-refractivity contribution >= 4 is 59.9 Å². The standard InChI is InChI=1S/C38H24N2/c1-2-11-25(12-3-1)26-14-10-15-28(21-26)39-35-19-8-6-17-30(35)32-23-31-29-16-5-9-20-36(29)40-34-18-7-4-13-27(34)22-37(40)33(31)24-38(32)39/h1-24H. The van der Waals surface area contributed by atoms with E-state index < -0.39 is 0 Å². The van der Waals surface area contributed by atoms with Crippen LogP contribution in [0, 0.1) is 0 Å². The van der Waals surface area contributed by atoms with E-state index in [9.17, 15) is 0 Å². The largest absolute Gasteiger partial charge is 0.309 e. The summed E-state index contributed by atoms with van der Waals surface area (Å²) in [5.74, 6) is 0. The summed E-state index contributed by atoms with van der Waals surface area (Å²) in [6.45, 7) is 0. The fourth-order valence-electron chi connectivity index (χ4n) is 6.69. The number of para-hydroxylation sites is 3. The van der Waals surface area contributed by atoms with Gasteiger partial charge in [0.15, 0.2) is 0 Å². The van der Waals surface area contributed by atoms with Gasteiger partial charge in [-0.3, -0.25) is 0 Å². The van der Waals surface area contributed by atoms with Crippen molar-refractivity contribution in [3.05, 3.63) is 146 Å². The molecule has 0 bridgehead atoms. The number of hydrogen-bond acceptors (Lipinski definition) is 0. The lowest BCUT2D eigenvalue weighted by Gasteiger charge is -2.13. The average Bonchev–Trinajstić information content (AvgIpc) is 3.57. The molecule has 2 heteroatoms. The summed E-state index contributed by atoms with van der Waals surface area (Å²) < 4.78 is 4.87. The van der Waals surface area contributed by atoms with E-state index in [0.717, 1.165) is 0 Å². The molecule has 0 N–H and O–H groups in total. The molecule has 0 unspecified atom stereocenters. The molecule has 9 rings (SSSR count). The summed E-state index contributed by atoms with van der Waals surface area (Å²) in [5.41, 5.74) is 9.78. The predicted molar refractivity (Wildman–Crippen MR) is 170 cm³/mol. The maximum absolute atomic E-state index is 2.44. The monoisotopic (exact) mass is 508 g/mol. The predicted octanol–water partition coefficient (Wildman–Crippen LogP) is 10.2. The minimum atomic E-state index is 1.17. The van der Waals surface area contributed by atoms with E-state index in [1.54, 1.807) is 0 Å². The van der Waals surface area contributed by atoms with E-state index in [2.05, 4.69) is 155 Å². The molecule has 0 spiro atoms. The minimum absolute atomic E-state index is 1.17. The number of rotatable bonds is 2. The first-order chi connectivity index (χ1) is 19.8. The number of aromatic nitrogens is 2. The Morgan fingerprint density at radius 1 is 0.325 bits per heavy atom. The third-order valence-electron chi connectivity index (χ3n) is 8.45. The van der Waals surface area contributed by atoms with Crippen molar-refractivity contribution in [2.24, 2.45) is 0 Å². The molecule has 40 heavy (non-hydrogen) atoms. The average molecular weight is 509 g/mol. The Kier molecular flexibility index (Phi) is 4.36. The van der Waals surface area contributed by atoms with Crippen molar-refractivity contribution in [3.8, 4) is 16.8 Å². The first-order valence-corrected chi connectivity index (χ1v) is 13.8. The summed E-state index contributed by atoms with van der Waals surface area (Å²) in [6, 6.07) is 53.0. The van der Waals surface area contributed by atoms with Gasteiger partial charge in [0.1, 0.15) is 0 Å². The van der Waals surface area contributed by atoms with Gasteiger partial charge in [-0.1, -0.05) is 97.1 Å². The van der Waals surface area contributed by atoms with Crippen LogP contribution in [0.1, 0.15) is 0 Å². The molecular formula is C38H24N2. The van der Waals surface area contributed by atoms with E-state index in [1.807, 2.05) is 0 Å². The second-order valence-corrected chi connectivity index (χ2v) is 10.6. The lowest BCUT2D eigenvalue weighted by molar-refractivity contribution is 1.18. The molecule has 0 aliphatic heterocycles. The van der Waals surface area contributed by atoms with Crippen LogP contribution in [0.15, 0.2) is 146 Å². The highest BCUT2D eigenvalue weighted by molar-refractivity contribution is 6.22. The molecule has 0 radical (unpaired) electrons. The molecule has 0 aliphatic rings. The van der Waals surface area contributed by atoms with Crippen LogP contribution in [0.2, 0.25) is 0 Å². The Hall–Kier alpha value is -5.34. The molecular weight excluding hydrogens is 484 g/mol. The topological polar surface area (TPSA) is 9.34 Å². The van der Waals surface area contributed by atoms with Crippen LogP contribution in [-0.4, -0.2) is 8.97 Å². The minimum Gasteiger partial charge on any atom is -0.309 e. The lowest BCUT2D eigenvalue weighted by Crippen LogP contribution is -1.95. The maximum Gasteiger partial charge on any atom is 0.0548 e. The van der Waals surface area contributed by atoms with Crippen LogP contribution >= 0.6 is 0 Å². The van der Waals surface area contributed by atoms with Crippen molar-refractivity contribution in [1.29, 1.82) is 0 Å². The van der Waals surface area contributed by atoms with Gasteiger partial charge in [0, 0.05) is 32.6 Å². The van der Waals surface area contributed by atoms with Crippen LogP contribution < -0.4 is 0 Å². The van der Waals surface area contributed by atoms with Crippen molar-refractivity contribution in [2.75, 3.05) is 0 Å². The first-order valence-electron chi connectivity index (χ1n) is 13.8. The SMILES string of the molecule is c1ccc(-c2cccc(-n3c4ccccc4c4cc5c6ccccc6n6c7ccccc7cc6c5cc43)c2)cc1. The van der Waals surface area contributed by atoms with Gasteiger partial charge in [0.25, 0.3) is 0 Å². The molecule has 9 aromatic rings. The Morgan fingerprint density at radius 3 is 1.82 bits per heavy atom. The van der Waals surface area contributed by atoms with Crippen LogP contribution in [0.3, 0.4) is 0 Å². The second-order valence-electron chi connectivity index (χ2n) is 10.6. The normalized spacial score (nSPS) is 12.0. The van der Waals surface area contributed by atoms with Gasteiger partial charge >= 0.3 is 0 Å². The van der Waals surface area contributed by atoms with Crippen molar-refractivity contribution in [2.45, 2.75) is 0 Å². The molecule has 0 saturated carbocycles. The van der Waals surface area contributed by atoms with Gasteiger partial charge in [-0.05, 0) is 65.0 Å². The molecule has 2 nitrogen and oxygen atoms in total. The summed E-state index contributed by atoms with van der Waals surface area (Å²) in [6.07, 6.45) is 0. The van der Waals surface area contributed by atoms with Gasteiger partial charge in [0.05, 0.1) is 27.6 Å². The van der Waals surface area contributed by atoms with E-state index in [-0.39, 0.29) is 0 Å². The zero-order valence-corrected chi connectivity index (χ0v) is 21.8. The molecule has 3 heterocycles. The third-order valence-corrected chi connectivity index (χ3v) is 8.45. The van der Waals surface area contributed by atoms with Crippen LogP contribution in [0.25, 0.3) is 76.7 Å². The van der Waals surface area contributed by atoms with E-state index in [4.69, 9.17) is 0 Å². The van der Waals surface area contributed by atoms with Crippen LogP contribution in [0.5, 0.6) is 0 Å². The van der Waals surface area contributed by atoms with Crippen molar-refractivity contribution < 1.29 is 0 Å². The summed E-state index contributed by atoms with van der Waals surface area (Å²) in [4.78, 5) is 0. The zero-order chi connectivity index (χ0) is 26.2. The summed E-state index contributed by atoms with van der Waals surface area (Å²) in [5, 5.41) is 7.64. The van der Waals surface area contributed by atoms with Gasteiger partial charge in [-0.15, -0.1) is 0 Å². The quantitative estimate of drug-likeness (QED) is 0.206. The van der Waals surface area contributed by atoms with E-state index >= 15 is 0 Å². The highest BCUT2D eigenvalue weighted by Gasteiger charge is 2.17. The lowest BCUT2D eigenvalue weighted by atomic mass is 10.0. The molecule has 6 aromatic carbocycles. The van der Waals surface area contributed by atoms with Gasteiger partial charge in [0.2, 0.25) is 0 Å². The Labute approximate surface area is 230 Å². The molecule has 0 saturated heterocycles. The number of nitrogens with zero attached hydrogens (tertiary/aromatic N) is 2. The molecule has 0 atom stereocenters. The van der Waals surface area contributed by atoms with Gasteiger partial charge in [-0.2, -0.15) is 0 Å². The van der Waals surface area contributed by atoms with E-state index in [1.165, 1.54) is 76.7 Å². The number of fused-ring (bicyclic) bond motifs is 11. The van der Waals surface area contributed by atoms with Crippen LogP contribution in [0.4, 0.5) is 0 Å². The maximum atomic E-state index is 2.44. The first kappa shape index (κ1) is 21.6. The van der Waals surface area contributed by atoms with Crippen molar-refractivity contribution in [1.82, 2.24) is 8.97 Å². The smallest absolute Gasteiger partial charge is 0.0548 e. The zero-order valence-electron chi connectivity index (χ0n) is 21.8. The van der Waals surface area contributed by atoms with Gasteiger partial charge < -0.3 is 8.97 Å². The Balaban J connectivity index is 1.46. The Morgan fingerprint density at radius 2 is 0.975 bits per heavy atom. The molecule has 0 fully saturated rings. The second kappa shape index (κ2) is 8.08. The molecule has 0 amide bonds. The highest BCUT2D eigenvalue weighted by atomic mass is 15.0. The molecule has 186 valence electrons. The number of benzene rings is 6. The molecule has 0 aliphatic carbocycles. The fourth-order valence-corrected chi connectivity index (χ4v) is 6.69. The Bertz CT molecular complexity index is 2420. The number of pyridine rings is 1. The van der Waals surface area contributed by atoms with E-state index in [0.29, 0.717) is 0 Å². The third kappa shape index (κ3) is 2.93. The van der Waals surface area contributed by atoms with Gasteiger partial charge in [-0.25, -0.2) is 0 Å². The summed E-state index contributed by atoms with van der Waals surface area (Å²) >= 11 is 0. The summed E-state index contributed by atoms with van der Waals surface area (Å²) in [7, 11) is 0.